The Hall–Kier alpha value is -2.42. The number of rotatable bonds is 7. The Labute approximate surface area is 197 Å². The molecule has 4 fully saturated rings. The molecule has 2 amide bonds. The molecule has 0 spiro atoms. The first-order valence-corrected chi connectivity index (χ1v) is 12.7. The second-order valence-corrected chi connectivity index (χ2v) is 11.1. The number of aromatic nitrogens is 3. The van der Waals surface area contributed by atoms with Gasteiger partial charge in [-0.3, -0.25) is 9.59 Å². The largest absolute Gasteiger partial charge is 0.350 e. The van der Waals surface area contributed by atoms with Crippen LogP contribution < -0.4 is 10.6 Å². The molecule has 1 atom stereocenters. The Kier molecular flexibility index (Phi) is 5.93. The van der Waals surface area contributed by atoms with Crippen LogP contribution in [-0.4, -0.2) is 37.9 Å². The Balaban J connectivity index is 1.17. The molecular formula is C24H30FN5O2S. The fourth-order valence-electron chi connectivity index (χ4n) is 6.54. The molecule has 4 saturated carbocycles. The predicted molar refractivity (Wildman–Crippen MR) is 123 cm³/mol. The smallest absolute Gasteiger partial charge is 0.254 e. The summed E-state index contributed by atoms with van der Waals surface area (Å²) in [6, 6.07) is 5.39. The van der Waals surface area contributed by atoms with Crippen molar-refractivity contribution in [3.8, 4) is 0 Å². The first kappa shape index (κ1) is 22.4. The Morgan fingerprint density at radius 2 is 1.79 bits per heavy atom. The molecule has 7 nitrogen and oxygen atoms in total. The zero-order chi connectivity index (χ0) is 23.2. The summed E-state index contributed by atoms with van der Waals surface area (Å²) in [7, 11) is 1.81. The number of nitrogens with one attached hydrogen (secondary N) is 2. The van der Waals surface area contributed by atoms with Crippen molar-refractivity contribution in [3.63, 3.8) is 0 Å². The topological polar surface area (TPSA) is 88.9 Å². The molecule has 4 aliphatic carbocycles. The van der Waals surface area contributed by atoms with Crippen LogP contribution in [0, 0.1) is 23.6 Å². The van der Waals surface area contributed by atoms with E-state index in [1.807, 2.05) is 0 Å². The van der Waals surface area contributed by atoms with E-state index in [0.29, 0.717) is 11.0 Å². The summed E-state index contributed by atoms with van der Waals surface area (Å²) in [5.74, 6) is 2.15. The minimum Gasteiger partial charge on any atom is -0.350 e. The highest BCUT2D eigenvalue weighted by molar-refractivity contribution is 7.99. The third-order valence-electron chi connectivity index (χ3n) is 7.50. The lowest BCUT2D eigenvalue weighted by Crippen LogP contribution is -2.60. The van der Waals surface area contributed by atoms with Crippen LogP contribution in [0.1, 0.15) is 67.7 Å². The highest BCUT2D eigenvalue weighted by atomic mass is 32.2. The number of thioether (sulfide) groups is 1. The molecule has 2 aromatic rings. The Morgan fingerprint density at radius 3 is 2.42 bits per heavy atom. The lowest BCUT2D eigenvalue weighted by Gasteiger charge is -2.56. The van der Waals surface area contributed by atoms with Crippen molar-refractivity contribution in [2.45, 2.75) is 62.2 Å². The second-order valence-electron chi connectivity index (χ2n) is 10.1. The van der Waals surface area contributed by atoms with Gasteiger partial charge >= 0.3 is 0 Å². The number of amides is 2. The summed E-state index contributed by atoms with van der Waals surface area (Å²) in [6.07, 6.45) is 7.42. The first-order chi connectivity index (χ1) is 15.8. The summed E-state index contributed by atoms with van der Waals surface area (Å²) in [5.41, 5.74) is -0.00868. The van der Waals surface area contributed by atoms with Gasteiger partial charge in [0.15, 0.2) is 11.0 Å². The zero-order valence-electron chi connectivity index (χ0n) is 19.0. The maximum Gasteiger partial charge on any atom is 0.254 e. The lowest BCUT2D eigenvalue weighted by atomic mass is 9.53. The van der Waals surface area contributed by atoms with E-state index >= 15 is 0 Å². The van der Waals surface area contributed by atoms with Crippen LogP contribution in [-0.2, 0) is 11.8 Å². The average Bonchev–Trinajstić information content (AvgIpc) is 3.11. The van der Waals surface area contributed by atoms with Crippen molar-refractivity contribution in [2.24, 2.45) is 24.8 Å². The molecule has 1 aromatic carbocycles. The van der Waals surface area contributed by atoms with E-state index in [1.54, 1.807) is 30.7 Å². The summed E-state index contributed by atoms with van der Waals surface area (Å²) in [5, 5.41) is 15.2. The summed E-state index contributed by atoms with van der Waals surface area (Å²) >= 11 is 1.34. The normalized spacial score (nSPS) is 28.5. The van der Waals surface area contributed by atoms with E-state index in [2.05, 4.69) is 20.8 Å². The van der Waals surface area contributed by atoms with Crippen LogP contribution in [0.5, 0.6) is 0 Å². The van der Waals surface area contributed by atoms with E-state index in [1.165, 1.54) is 43.2 Å². The highest BCUT2D eigenvalue weighted by Gasteiger charge is 2.51. The van der Waals surface area contributed by atoms with Gasteiger partial charge in [-0.1, -0.05) is 23.9 Å². The fourth-order valence-corrected chi connectivity index (χ4v) is 7.26. The van der Waals surface area contributed by atoms with Gasteiger partial charge in [0, 0.05) is 12.6 Å². The number of carbonyl (C=O) groups excluding carboxylic acids is 2. The van der Waals surface area contributed by atoms with Crippen molar-refractivity contribution < 1.29 is 14.0 Å². The number of benzene rings is 1. The molecule has 0 aliphatic heterocycles. The number of hydrogen-bond donors (Lipinski definition) is 2. The standard InChI is InChI=1S/C24H30FN5O2S/c1-14(26-22(32)18-5-3-4-6-19(18)25)21-28-29-23(30(21)2)33-13-20(31)27-24-10-15-7-16(11-24)9-17(8-15)12-24/h3-6,14-17H,7-13H2,1-2H3,(H,26,32)(H,27,31)/t14-,15?,16?,17?,24?/m0/s1. The van der Waals surface area contributed by atoms with Crippen LogP contribution in [0.25, 0.3) is 0 Å². The number of hydrogen-bond acceptors (Lipinski definition) is 5. The van der Waals surface area contributed by atoms with Crippen LogP contribution in [0.4, 0.5) is 4.39 Å². The molecule has 9 heteroatoms. The predicted octanol–water partition coefficient (Wildman–Crippen LogP) is 3.62. The number of halogens is 1. The molecule has 0 unspecified atom stereocenters. The van der Waals surface area contributed by atoms with E-state index in [9.17, 15) is 14.0 Å². The van der Waals surface area contributed by atoms with Gasteiger partial charge in [-0.05, 0) is 75.3 Å². The van der Waals surface area contributed by atoms with Gasteiger partial charge in [0.1, 0.15) is 5.82 Å². The van der Waals surface area contributed by atoms with Crippen molar-refractivity contribution in [2.75, 3.05) is 5.75 Å². The third-order valence-corrected chi connectivity index (χ3v) is 8.52. The van der Waals surface area contributed by atoms with Crippen molar-refractivity contribution in [1.82, 2.24) is 25.4 Å². The molecule has 6 rings (SSSR count). The summed E-state index contributed by atoms with van der Waals surface area (Å²) in [6.45, 7) is 1.77. The molecule has 2 N–H and O–H groups in total. The molecule has 33 heavy (non-hydrogen) atoms. The quantitative estimate of drug-likeness (QED) is 0.602. The maximum atomic E-state index is 13.9. The van der Waals surface area contributed by atoms with Crippen LogP contribution >= 0.6 is 11.8 Å². The average molecular weight is 472 g/mol. The van der Waals surface area contributed by atoms with Gasteiger partial charge < -0.3 is 15.2 Å². The zero-order valence-corrected chi connectivity index (χ0v) is 19.8. The van der Waals surface area contributed by atoms with E-state index in [-0.39, 0.29) is 22.8 Å². The number of carbonyl (C=O) groups is 2. The van der Waals surface area contributed by atoms with Crippen LogP contribution in [0.3, 0.4) is 0 Å². The van der Waals surface area contributed by atoms with E-state index in [4.69, 9.17) is 0 Å². The van der Waals surface area contributed by atoms with Crippen molar-refractivity contribution in [3.05, 3.63) is 41.5 Å². The Bertz CT molecular complexity index is 1040. The van der Waals surface area contributed by atoms with Gasteiger partial charge in [-0.25, -0.2) is 4.39 Å². The molecule has 1 heterocycles. The van der Waals surface area contributed by atoms with Crippen LogP contribution in [0.2, 0.25) is 0 Å². The summed E-state index contributed by atoms with van der Waals surface area (Å²) in [4.78, 5) is 25.2. The van der Waals surface area contributed by atoms with Gasteiger partial charge in [0.05, 0.1) is 17.4 Å². The van der Waals surface area contributed by atoms with E-state index < -0.39 is 17.8 Å². The number of nitrogens with zero attached hydrogens (tertiary/aromatic N) is 3. The molecular weight excluding hydrogens is 441 g/mol. The van der Waals surface area contributed by atoms with Gasteiger partial charge in [0.2, 0.25) is 5.91 Å². The van der Waals surface area contributed by atoms with E-state index in [0.717, 1.165) is 37.0 Å². The molecule has 4 bridgehead atoms. The minimum absolute atomic E-state index is 0.00293. The monoisotopic (exact) mass is 471 g/mol. The minimum atomic E-state index is -0.568. The van der Waals surface area contributed by atoms with Crippen molar-refractivity contribution in [1.29, 1.82) is 0 Å². The third kappa shape index (κ3) is 4.52. The fraction of sp³-hybridized carbons (Fsp3) is 0.583. The second kappa shape index (κ2) is 8.74. The highest BCUT2D eigenvalue weighted by Crippen LogP contribution is 2.55. The van der Waals surface area contributed by atoms with Gasteiger partial charge in [0.25, 0.3) is 5.91 Å². The van der Waals surface area contributed by atoms with Crippen molar-refractivity contribution >= 4 is 23.6 Å². The SMILES string of the molecule is C[C@H](NC(=O)c1ccccc1F)c1nnc(SCC(=O)NC23CC4CC(CC(C4)C2)C3)n1C. The molecule has 4 aliphatic rings. The summed E-state index contributed by atoms with van der Waals surface area (Å²) < 4.78 is 15.7. The van der Waals surface area contributed by atoms with Gasteiger partial charge in [-0.15, -0.1) is 10.2 Å². The maximum absolute atomic E-state index is 13.9. The van der Waals surface area contributed by atoms with Crippen LogP contribution in [0.15, 0.2) is 29.4 Å². The molecule has 176 valence electrons. The lowest BCUT2D eigenvalue weighted by molar-refractivity contribution is -0.124. The molecule has 0 saturated heterocycles. The molecule has 0 radical (unpaired) electrons. The molecule has 1 aromatic heterocycles. The first-order valence-electron chi connectivity index (χ1n) is 11.7. The van der Waals surface area contributed by atoms with Gasteiger partial charge in [-0.2, -0.15) is 0 Å². The Morgan fingerprint density at radius 1 is 1.15 bits per heavy atom.